The number of carbonyl (C=O) groups is 3. The molecule has 0 radical (unpaired) electrons. The second-order valence-corrected chi connectivity index (χ2v) is 13.3. The van der Waals surface area contributed by atoms with Crippen LogP contribution in [0.25, 0.3) is 11.2 Å². The van der Waals surface area contributed by atoms with Crippen molar-refractivity contribution in [2.75, 3.05) is 38.9 Å². The van der Waals surface area contributed by atoms with Gasteiger partial charge in [0.05, 0.1) is 25.6 Å². The smallest absolute Gasteiger partial charge is 0.302 e. The van der Waals surface area contributed by atoms with Crippen LogP contribution in [0.3, 0.4) is 0 Å². The van der Waals surface area contributed by atoms with Crippen LogP contribution in [0.2, 0.25) is 0 Å². The number of anilines is 1. The minimum Gasteiger partial charge on any atom is -0.463 e. The molecule has 3 heterocycles. The van der Waals surface area contributed by atoms with E-state index in [1.54, 1.807) is 25.5 Å². The zero-order chi connectivity index (χ0) is 35.5. The summed E-state index contributed by atoms with van der Waals surface area (Å²) >= 11 is 0. The third-order valence-electron chi connectivity index (χ3n) is 6.99. The highest BCUT2D eigenvalue weighted by atomic mass is 31.2. The number of aromatic nitrogens is 4. The number of hydrogen-bond acceptors (Lipinski definition) is 15. The van der Waals surface area contributed by atoms with Crippen molar-refractivity contribution in [2.24, 2.45) is 5.92 Å². The molecule has 2 aromatic heterocycles. The molecule has 2 aromatic rings. The van der Waals surface area contributed by atoms with E-state index in [9.17, 15) is 14.4 Å². The number of rotatable bonds is 19. The van der Waals surface area contributed by atoms with Crippen molar-refractivity contribution in [1.82, 2.24) is 24.2 Å². The molecule has 1 saturated heterocycles. The van der Waals surface area contributed by atoms with E-state index in [2.05, 4.69) is 52.6 Å². The zero-order valence-corrected chi connectivity index (χ0v) is 30.2. The van der Waals surface area contributed by atoms with Gasteiger partial charge in [-0.1, -0.05) is 13.8 Å². The van der Waals surface area contributed by atoms with E-state index in [-0.39, 0.29) is 56.2 Å². The summed E-state index contributed by atoms with van der Waals surface area (Å²) in [4.78, 5) is 48.3. The highest BCUT2D eigenvalue weighted by Crippen LogP contribution is 2.50. The van der Waals surface area contributed by atoms with Gasteiger partial charge in [-0.15, -0.1) is 0 Å². The lowest BCUT2D eigenvalue weighted by atomic mass is 10.1. The Labute approximate surface area is 282 Å². The van der Waals surface area contributed by atoms with Crippen LogP contribution in [-0.2, 0) is 51.9 Å². The van der Waals surface area contributed by atoms with Crippen molar-refractivity contribution in [3.63, 3.8) is 0 Å². The number of ether oxygens (including phenoxy) is 6. The molecule has 1 fully saturated rings. The molecule has 0 aromatic carbocycles. The highest BCUT2D eigenvalue weighted by molar-refractivity contribution is 7.44. The van der Waals surface area contributed by atoms with E-state index in [1.807, 2.05) is 6.92 Å². The van der Waals surface area contributed by atoms with Gasteiger partial charge in [0, 0.05) is 39.0 Å². The number of nitrogens with one attached hydrogen (secondary N) is 1. The number of carbonyl (C=O) groups excluding carboxylic acids is 3. The molecule has 1 amide bonds. The quantitative estimate of drug-likeness (QED) is 0.0971. The average Bonchev–Trinajstić information content (AvgIpc) is 3.57. The first-order chi connectivity index (χ1) is 22.7. The van der Waals surface area contributed by atoms with Gasteiger partial charge in [0.1, 0.15) is 31.7 Å². The predicted molar refractivity (Wildman–Crippen MR) is 173 cm³/mol. The second-order valence-electron chi connectivity index (χ2n) is 11.8. The Morgan fingerprint density at radius 3 is 2.06 bits per heavy atom. The molecule has 270 valence electrons. The minimum absolute atomic E-state index is 0.0515. The summed E-state index contributed by atoms with van der Waals surface area (Å²) < 4.78 is 51.0. The van der Waals surface area contributed by atoms with Crippen LogP contribution in [0.15, 0.2) is 12.7 Å². The number of hydrogen-bond donors (Lipinski definition) is 1. The maximum absolute atomic E-state index is 12.5. The van der Waals surface area contributed by atoms with E-state index in [0.717, 1.165) is 0 Å². The van der Waals surface area contributed by atoms with Crippen LogP contribution in [0.5, 0.6) is 0 Å². The summed E-state index contributed by atoms with van der Waals surface area (Å²) in [5.74, 6) is -1.19. The molecule has 17 nitrogen and oxygen atoms in total. The van der Waals surface area contributed by atoms with E-state index in [1.165, 1.54) is 26.5 Å². The number of amides is 1. The molecule has 18 heteroatoms. The van der Waals surface area contributed by atoms with Crippen LogP contribution in [-0.4, -0.2) is 112 Å². The first-order valence-electron chi connectivity index (χ1n) is 15.8. The molecule has 0 spiro atoms. The predicted octanol–water partition coefficient (Wildman–Crippen LogP) is 3.54. The molecule has 1 aliphatic heterocycles. The molecule has 1 aliphatic rings. The van der Waals surface area contributed by atoms with Gasteiger partial charge in [-0.3, -0.25) is 19.0 Å². The van der Waals surface area contributed by atoms with Gasteiger partial charge in [0.15, 0.2) is 23.2 Å². The van der Waals surface area contributed by atoms with Crippen LogP contribution in [0.4, 0.5) is 5.82 Å². The van der Waals surface area contributed by atoms with E-state index in [0.29, 0.717) is 11.2 Å². The minimum atomic E-state index is -1.59. The normalized spacial score (nSPS) is 20.4. The molecular formula is C30H49N6O11P. The lowest BCUT2D eigenvalue weighted by molar-refractivity contribution is -0.320. The van der Waals surface area contributed by atoms with Crippen LogP contribution < -0.4 is 5.32 Å². The van der Waals surface area contributed by atoms with E-state index in [4.69, 9.17) is 37.5 Å². The van der Waals surface area contributed by atoms with Crippen molar-refractivity contribution in [1.29, 1.82) is 0 Å². The van der Waals surface area contributed by atoms with Crippen molar-refractivity contribution in [3.05, 3.63) is 12.7 Å². The third-order valence-corrected chi connectivity index (χ3v) is 9.03. The first-order valence-corrected chi connectivity index (χ1v) is 17.0. The topological polar surface area (TPSA) is 184 Å². The fraction of sp³-hybridized carbons (Fsp3) is 0.733. The molecule has 0 bridgehead atoms. The van der Waals surface area contributed by atoms with Crippen LogP contribution in [0.1, 0.15) is 68.5 Å². The molecule has 2 unspecified atom stereocenters. The Kier molecular flexibility index (Phi) is 15.5. The number of nitrogens with zero attached hydrogens (tertiary/aromatic N) is 5. The maximum atomic E-state index is 12.5. The van der Waals surface area contributed by atoms with Crippen molar-refractivity contribution < 1.29 is 51.9 Å². The van der Waals surface area contributed by atoms with Gasteiger partial charge in [-0.05, 0) is 34.6 Å². The third kappa shape index (κ3) is 10.8. The molecule has 0 saturated carbocycles. The molecule has 48 heavy (non-hydrogen) atoms. The fourth-order valence-corrected chi connectivity index (χ4v) is 6.53. The fourth-order valence-electron chi connectivity index (χ4n) is 4.89. The lowest BCUT2D eigenvalue weighted by Crippen LogP contribution is -2.42. The van der Waals surface area contributed by atoms with Crippen molar-refractivity contribution >= 4 is 43.4 Å². The van der Waals surface area contributed by atoms with Gasteiger partial charge in [0.2, 0.25) is 5.91 Å². The van der Waals surface area contributed by atoms with Gasteiger partial charge in [-0.25, -0.2) is 19.6 Å². The van der Waals surface area contributed by atoms with E-state index >= 15 is 0 Å². The van der Waals surface area contributed by atoms with Crippen molar-refractivity contribution in [3.8, 4) is 0 Å². The standard InChI is InChI=1S/C30H49N6O11P/c1-17(2)28(39)34-26-23-27(32-15-31-26)35(16-33-23)29-25(24(20(7)45-29)47-48(40-10)36(18(3)4)19(5)6)46-30(43-13-11-41-21(8)37)44-14-12-42-22(9)38/h15-20,24-25,29-30H,11-14H2,1-10H3,(H,31,32,34,39)/t20-,24+,25?,29-,48?/m1/s1. The Hall–Kier alpha value is -2.89. The molecule has 1 N–H and O–H groups in total. The summed E-state index contributed by atoms with van der Waals surface area (Å²) in [5, 5.41) is 2.80. The maximum Gasteiger partial charge on any atom is 0.302 e. The zero-order valence-electron chi connectivity index (χ0n) is 29.3. The molecule has 0 aliphatic carbocycles. The monoisotopic (exact) mass is 700 g/mol. The van der Waals surface area contributed by atoms with Gasteiger partial charge < -0.3 is 42.8 Å². The Balaban J connectivity index is 2.01. The SMILES string of the molecule is COP(O[C@@H]1C(OC(OCCOC(C)=O)OCCOC(C)=O)[C@H](n2cnc3c(NC(=O)C(C)C)ncnc32)O[C@@H]1C)N(C(C)C)C(C)C. The first kappa shape index (κ1) is 39.5. The summed E-state index contributed by atoms with van der Waals surface area (Å²) in [6.45, 7) is 14.6. The van der Waals surface area contributed by atoms with Crippen LogP contribution >= 0.6 is 8.53 Å². The van der Waals surface area contributed by atoms with Gasteiger partial charge in [0.25, 0.3) is 15.0 Å². The summed E-state index contributed by atoms with van der Waals surface area (Å²) in [6.07, 6.45) is -0.206. The average molecular weight is 701 g/mol. The Bertz CT molecular complexity index is 1320. The summed E-state index contributed by atoms with van der Waals surface area (Å²) in [5.41, 5.74) is 0.723. The second kappa shape index (κ2) is 18.8. The lowest BCUT2D eigenvalue weighted by Gasteiger charge is -2.37. The van der Waals surface area contributed by atoms with E-state index < -0.39 is 51.5 Å². The molecule has 3 rings (SSSR count). The van der Waals surface area contributed by atoms with Gasteiger partial charge in [-0.2, -0.15) is 0 Å². The summed E-state index contributed by atoms with van der Waals surface area (Å²) in [7, 11) is 0.00114. The number of esters is 2. The largest absolute Gasteiger partial charge is 0.463 e. The summed E-state index contributed by atoms with van der Waals surface area (Å²) in [6, 6.07) is 0.194. The Morgan fingerprint density at radius 1 is 0.938 bits per heavy atom. The number of imidazole rings is 1. The van der Waals surface area contributed by atoms with Crippen molar-refractivity contribution in [2.45, 2.75) is 105 Å². The van der Waals surface area contributed by atoms with Crippen LogP contribution in [0, 0.1) is 5.92 Å². The Morgan fingerprint density at radius 2 is 1.54 bits per heavy atom. The van der Waals surface area contributed by atoms with Gasteiger partial charge >= 0.3 is 11.9 Å². The molecule has 5 atom stereocenters. The number of fused-ring (bicyclic) bond motifs is 1. The molecular weight excluding hydrogens is 651 g/mol. The highest BCUT2D eigenvalue weighted by Gasteiger charge is 2.49.